The highest BCUT2D eigenvalue weighted by Gasteiger charge is 2.00. The fourth-order valence-corrected chi connectivity index (χ4v) is 1.86. The molecule has 0 fully saturated rings. The van der Waals surface area contributed by atoms with E-state index < -0.39 is 0 Å². The number of hydrogen-bond acceptors (Lipinski definition) is 2. The van der Waals surface area contributed by atoms with Crippen molar-refractivity contribution in [1.29, 1.82) is 0 Å². The summed E-state index contributed by atoms with van der Waals surface area (Å²) in [6, 6.07) is 9.37. The van der Waals surface area contributed by atoms with Crippen LogP contribution in [0.4, 0.5) is 0 Å². The Morgan fingerprint density at radius 2 is 2.00 bits per heavy atom. The largest absolute Gasteiger partial charge is 0.508 e. The predicted molar refractivity (Wildman–Crippen MR) is 70.1 cm³/mol. The molecule has 0 bridgehead atoms. The highest BCUT2D eigenvalue weighted by atomic mass is 16.3. The number of carbonyl (C=O) groups is 1. The van der Waals surface area contributed by atoms with Gasteiger partial charge in [-0.05, 0) is 60.0 Å². The summed E-state index contributed by atoms with van der Waals surface area (Å²) in [5.41, 5.74) is 2.01. The Bertz CT molecular complexity index is 610. The summed E-state index contributed by atoms with van der Waals surface area (Å²) in [6.45, 7) is 3.49. The number of aryl methyl sites for hydroxylation is 1. The summed E-state index contributed by atoms with van der Waals surface area (Å²) in [5, 5.41) is 11.6. The molecular formula is C15H14O2. The van der Waals surface area contributed by atoms with Gasteiger partial charge in [0.2, 0.25) is 0 Å². The summed E-state index contributed by atoms with van der Waals surface area (Å²) < 4.78 is 0. The number of hydrogen-bond donors (Lipinski definition) is 1. The van der Waals surface area contributed by atoms with Gasteiger partial charge in [-0.25, -0.2) is 0 Å². The van der Waals surface area contributed by atoms with Gasteiger partial charge in [-0.15, -0.1) is 0 Å². The van der Waals surface area contributed by atoms with Crippen molar-refractivity contribution in [1.82, 2.24) is 0 Å². The van der Waals surface area contributed by atoms with Crippen LogP contribution in [-0.4, -0.2) is 10.9 Å². The lowest BCUT2D eigenvalue weighted by Gasteiger charge is -2.04. The van der Waals surface area contributed by atoms with Crippen LogP contribution in [0.2, 0.25) is 0 Å². The first-order valence-corrected chi connectivity index (χ1v) is 5.48. The van der Waals surface area contributed by atoms with Gasteiger partial charge < -0.3 is 5.11 Å². The van der Waals surface area contributed by atoms with Crippen LogP contribution >= 0.6 is 0 Å². The van der Waals surface area contributed by atoms with Crippen molar-refractivity contribution in [2.45, 2.75) is 13.8 Å². The van der Waals surface area contributed by atoms with Crippen molar-refractivity contribution in [2.75, 3.05) is 0 Å². The number of rotatable bonds is 2. The molecule has 0 aromatic heterocycles. The Morgan fingerprint density at radius 1 is 1.24 bits per heavy atom. The Hall–Kier alpha value is -2.09. The molecule has 0 radical (unpaired) electrons. The van der Waals surface area contributed by atoms with Gasteiger partial charge in [0, 0.05) is 0 Å². The van der Waals surface area contributed by atoms with Crippen LogP contribution in [0, 0.1) is 6.92 Å². The number of allylic oxidation sites excluding steroid dienone is 1. The van der Waals surface area contributed by atoms with E-state index in [1.54, 1.807) is 24.3 Å². The number of phenolic OH excluding ortho intramolecular Hbond substituents is 1. The standard InChI is InChI=1S/C15H14O2/c1-10-7-14(17)9-13-6-5-12(8-15(10)13)4-3-11(2)16/h3-9,17H,1-2H3/b4-3+. The lowest BCUT2D eigenvalue weighted by molar-refractivity contribution is -0.112. The van der Waals surface area contributed by atoms with E-state index in [4.69, 9.17) is 0 Å². The minimum absolute atomic E-state index is 0.0347. The molecule has 0 aliphatic rings. The molecule has 2 aromatic carbocycles. The number of fused-ring (bicyclic) bond motifs is 1. The molecule has 0 atom stereocenters. The third-order valence-corrected chi connectivity index (χ3v) is 2.68. The Balaban J connectivity index is 2.54. The van der Waals surface area contributed by atoms with E-state index in [0.717, 1.165) is 21.9 Å². The van der Waals surface area contributed by atoms with E-state index in [-0.39, 0.29) is 11.5 Å². The molecule has 0 saturated carbocycles. The SMILES string of the molecule is CC(=O)/C=C/c1ccc2cc(O)cc(C)c2c1. The van der Waals surface area contributed by atoms with Crippen LogP contribution in [0.15, 0.2) is 36.4 Å². The van der Waals surface area contributed by atoms with Gasteiger partial charge in [-0.2, -0.15) is 0 Å². The normalized spacial score (nSPS) is 11.2. The molecule has 0 amide bonds. The first-order valence-electron chi connectivity index (χ1n) is 5.48. The molecule has 0 unspecified atom stereocenters. The zero-order valence-corrected chi connectivity index (χ0v) is 9.90. The molecule has 86 valence electrons. The third kappa shape index (κ3) is 2.53. The van der Waals surface area contributed by atoms with Gasteiger partial charge >= 0.3 is 0 Å². The minimum atomic E-state index is 0.0347. The zero-order chi connectivity index (χ0) is 12.4. The lowest BCUT2D eigenvalue weighted by Crippen LogP contribution is -1.83. The summed E-state index contributed by atoms with van der Waals surface area (Å²) in [7, 11) is 0. The van der Waals surface area contributed by atoms with Crippen LogP contribution < -0.4 is 0 Å². The van der Waals surface area contributed by atoms with Crippen LogP contribution in [0.25, 0.3) is 16.8 Å². The molecule has 0 aliphatic heterocycles. The second kappa shape index (κ2) is 4.42. The molecular weight excluding hydrogens is 212 g/mol. The van der Waals surface area contributed by atoms with Crippen molar-refractivity contribution in [3.8, 4) is 5.75 Å². The highest BCUT2D eigenvalue weighted by Crippen LogP contribution is 2.25. The number of phenols is 1. The van der Waals surface area contributed by atoms with Gasteiger partial charge in [-0.1, -0.05) is 18.2 Å². The second-order valence-corrected chi connectivity index (χ2v) is 4.19. The molecule has 0 aliphatic carbocycles. The highest BCUT2D eigenvalue weighted by molar-refractivity contribution is 5.93. The van der Waals surface area contributed by atoms with Gasteiger partial charge in [0.25, 0.3) is 0 Å². The van der Waals surface area contributed by atoms with Crippen molar-refractivity contribution in [2.24, 2.45) is 0 Å². The maximum atomic E-state index is 10.9. The summed E-state index contributed by atoms with van der Waals surface area (Å²) in [4.78, 5) is 10.9. The Kier molecular flexibility index (Phi) is 2.96. The summed E-state index contributed by atoms with van der Waals surface area (Å²) >= 11 is 0. The number of benzene rings is 2. The molecule has 2 nitrogen and oxygen atoms in total. The molecule has 0 heterocycles. The first kappa shape index (κ1) is 11.4. The number of ketones is 1. The van der Waals surface area contributed by atoms with Crippen LogP contribution in [-0.2, 0) is 4.79 Å². The van der Waals surface area contributed by atoms with E-state index in [2.05, 4.69) is 0 Å². The van der Waals surface area contributed by atoms with Crippen molar-refractivity contribution in [3.05, 3.63) is 47.5 Å². The molecule has 2 heteroatoms. The first-order chi connectivity index (χ1) is 8.06. The van der Waals surface area contributed by atoms with E-state index >= 15 is 0 Å². The van der Waals surface area contributed by atoms with Crippen molar-refractivity contribution in [3.63, 3.8) is 0 Å². The van der Waals surface area contributed by atoms with E-state index in [1.807, 2.05) is 25.1 Å². The van der Waals surface area contributed by atoms with Crippen LogP contribution in [0.3, 0.4) is 0 Å². The van der Waals surface area contributed by atoms with Gasteiger partial charge in [0.15, 0.2) is 5.78 Å². The molecule has 1 N–H and O–H groups in total. The minimum Gasteiger partial charge on any atom is -0.508 e. The molecule has 2 rings (SSSR count). The second-order valence-electron chi connectivity index (χ2n) is 4.19. The van der Waals surface area contributed by atoms with Crippen molar-refractivity contribution >= 4 is 22.6 Å². The van der Waals surface area contributed by atoms with E-state index in [1.165, 1.54) is 6.92 Å². The quantitative estimate of drug-likeness (QED) is 0.796. The number of carbonyl (C=O) groups excluding carboxylic acids is 1. The van der Waals surface area contributed by atoms with Crippen molar-refractivity contribution < 1.29 is 9.90 Å². The third-order valence-electron chi connectivity index (χ3n) is 2.68. The molecule has 0 saturated heterocycles. The monoisotopic (exact) mass is 226 g/mol. The molecule has 17 heavy (non-hydrogen) atoms. The molecule has 2 aromatic rings. The topological polar surface area (TPSA) is 37.3 Å². The predicted octanol–water partition coefficient (Wildman–Crippen LogP) is 3.46. The average Bonchev–Trinajstić information content (AvgIpc) is 2.26. The Morgan fingerprint density at radius 3 is 2.71 bits per heavy atom. The fraction of sp³-hybridized carbons (Fsp3) is 0.133. The summed E-state index contributed by atoms with van der Waals surface area (Å²) in [6.07, 6.45) is 3.35. The van der Waals surface area contributed by atoms with Crippen LogP contribution in [0.5, 0.6) is 5.75 Å². The van der Waals surface area contributed by atoms with Crippen LogP contribution in [0.1, 0.15) is 18.1 Å². The Labute approximate surface area is 100 Å². The van der Waals surface area contributed by atoms with E-state index in [9.17, 15) is 9.90 Å². The van der Waals surface area contributed by atoms with E-state index in [0.29, 0.717) is 0 Å². The zero-order valence-electron chi connectivity index (χ0n) is 9.90. The smallest absolute Gasteiger partial charge is 0.152 e. The van der Waals surface area contributed by atoms with Gasteiger partial charge in [0.1, 0.15) is 5.75 Å². The van der Waals surface area contributed by atoms with Gasteiger partial charge in [-0.3, -0.25) is 4.79 Å². The molecule has 0 spiro atoms. The number of aromatic hydroxyl groups is 1. The maximum Gasteiger partial charge on any atom is 0.152 e. The van der Waals surface area contributed by atoms with Gasteiger partial charge in [0.05, 0.1) is 0 Å². The fourth-order valence-electron chi connectivity index (χ4n) is 1.86. The maximum absolute atomic E-state index is 10.9. The average molecular weight is 226 g/mol. The summed E-state index contributed by atoms with van der Waals surface area (Å²) in [5.74, 6) is 0.314. The lowest BCUT2D eigenvalue weighted by atomic mass is 10.0.